The summed E-state index contributed by atoms with van der Waals surface area (Å²) in [6.07, 6.45) is -1.95. The molecule has 0 aliphatic rings. The Bertz CT molecular complexity index is 670. The van der Waals surface area contributed by atoms with Crippen LogP contribution >= 0.6 is 23.2 Å². The van der Waals surface area contributed by atoms with Crippen LogP contribution in [0, 0.1) is 0 Å². The van der Waals surface area contributed by atoms with Gasteiger partial charge in [0.1, 0.15) is 0 Å². The van der Waals surface area contributed by atoms with E-state index in [2.05, 4.69) is 9.98 Å². The maximum Gasteiger partial charge on any atom is 0.417 e. The molecule has 21 heavy (non-hydrogen) atoms. The zero-order valence-electron chi connectivity index (χ0n) is 10.5. The number of alkyl halides is 3. The molecule has 0 aliphatic heterocycles. The molecule has 1 aromatic carbocycles. The van der Waals surface area contributed by atoms with Crippen molar-refractivity contribution in [2.75, 3.05) is 0 Å². The molecule has 0 saturated heterocycles. The first-order valence-corrected chi connectivity index (χ1v) is 6.61. The van der Waals surface area contributed by atoms with Crippen LogP contribution in [-0.2, 0) is 12.6 Å². The quantitative estimate of drug-likeness (QED) is 0.695. The first-order chi connectivity index (χ1) is 9.86. The highest BCUT2D eigenvalue weighted by atomic mass is 35.5. The molecule has 1 aromatic heterocycles. The van der Waals surface area contributed by atoms with E-state index in [1.165, 1.54) is 6.21 Å². The number of benzene rings is 1. The van der Waals surface area contributed by atoms with Gasteiger partial charge in [0.25, 0.3) is 0 Å². The molecule has 0 unspecified atom stereocenters. The third kappa shape index (κ3) is 4.44. The summed E-state index contributed by atoms with van der Waals surface area (Å²) < 4.78 is 37.4. The van der Waals surface area contributed by atoms with Crippen LogP contribution in [0.1, 0.15) is 11.3 Å². The van der Waals surface area contributed by atoms with E-state index >= 15 is 0 Å². The zero-order valence-corrected chi connectivity index (χ0v) is 12.0. The van der Waals surface area contributed by atoms with Gasteiger partial charge in [-0.2, -0.15) is 13.2 Å². The molecule has 0 N–H and O–H groups in total. The van der Waals surface area contributed by atoms with Crippen molar-refractivity contribution in [3.8, 4) is 0 Å². The Hall–Kier alpha value is -1.59. The summed E-state index contributed by atoms with van der Waals surface area (Å²) in [5.74, 6) is 0. The number of rotatable bonds is 3. The number of hydrogen-bond acceptors (Lipinski definition) is 2. The molecular formula is C14H9Cl2F3N2. The third-order valence-corrected chi connectivity index (χ3v) is 3.14. The molecule has 0 aliphatic carbocycles. The fourth-order valence-corrected chi connectivity index (χ4v) is 1.99. The van der Waals surface area contributed by atoms with E-state index in [-0.39, 0.29) is 11.4 Å². The van der Waals surface area contributed by atoms with Crippen molar-refractivity contribution >= 4 is 35.1 Å². The van der Waals surface area contributed by atoms with E-state index in [0.717, 1.165) is 12.3 Å². The lowest BCUT2D eigenvalue weighted by atomic mass is 10.2. The number of aromatic nitrogens is 1. The molecule has 7 heteroatoms. The van der Waals surface area contributed by atoms with Crippen LogP contribution in [0.4, 0.5) is 18.9 Å². The molecule has 110 valence electrons. The van der Waals surface area contributed by atoms with Crippen molar-refractivity contribution in [1.82, 2.24) is 4.98 Å². The van der Waals surface area contributed by atoms with Crippen molar-refractivity contribution in [3.63, 3.8) is 0 Å². The molecule has 0 atom stereocenters. The lowest BCUT2D eigenvalue weighted by Gasteiger charge is -2.07. The molecular weight excluding hydrogens is 324 g/mol. The molecule has 0 fully saturated rings. The van der Waals surface area contributed by atoms with Gasteiger partial charge < -0.3 is 0 Å². The molecule has 0 radical (unpaired) electrons. The minimum Gasteiger partial charge on any atom is -0.261 e. The molecule has 0 bridgehead atoms. The summed E-state index contributed by atoms with van der Waals surface area (Å²) in [6, 6.07) is 7.74. The van der Waals surface area contributed by atoms with E-state index in [1.54, 1.807) is 24.3 Å². The second kappa shape index (κ2) is 6.45. The number of aliphatic imine (C=N–C) groups is 1. The van der Waals surface area contributed by atoms with Gasteiger partial charge in [0.2, 0.25) is 0 Å². The number of nitrogens with zero attached hydrogens (tertiary/aromatic N) is 2. The fraction of sp³-hybridized carbons (Fsp3) is 0.143. The van der Waals surface area contributed by atoms with Crippen LogP contribution in [0.25, 0.3) is 0 Å². The highest BCUT2D eigenvalue weighted by Gasteiger charge is 2.31. The average molecular weight is 333 g/mol. The largest absolute Gasteiger partial charge is 0.417 e. The van der Waals surface area contributed by atoms with Crippen LogP contribution < -0.4 is 0 Å². The van der Waals surface area contributed by atoms with Gasteiger partial charge >= 0.3 is 6.18 Å². The topological polar surface area (TPSA) is 25.2 Å². The van der Waals surface area contributed by atoms with Crippen molar-refractivity contribution in [1.29, 1.82) is 0 Å². The first-order valence-electron chi connectivity index (χ1n) is 5.86. The second-order valence-corrected chi connectivity index (χ2v) is 4.99. The van der Waals surface area contributed by atoms with Crippen LogP contribution in [0.2, 0.25) is 10.0 Å². The Morgan fingerprint density at radius 2 is 1.95 bits per heavy atom. The zero-order chi connectivity index (χ0) is 15.5. The second-order valence-electron chi connectivity index (χ2n) is 4.15. The van der Waals surface area contributed by atoms with Gasteiger partial charge in [0.15, 0.2) is 0 Å². The van der Waals surface area contributed by atoms with Crippen LogP contribution in [-0.4, -0.2) is 11.2 Å². The van der Waals surface area contributed by atoms with Gasteiger partial charge in [-0.15, -0.1) is 0 Å². The van der Waals surface area contributed by atoms with E-state index < -0.39 is 11.7 Å². The molecule has 2 nitrogen and oxygen atoms in total. The monoisotopic (exact) mass is 332 g/mol. The highest BCUT2D eigenvalue weighted by molar-refractivity contribution is 6.31. The maximum absolute atomic E-state index is 12.5. The van der Waals surface area contributed by atoms with Crippen molar-refractivity contribution in [2.45, 2.75) is 12.6 Å². The summed E-state index contributed by atoms with van der Waals surface area (Å²) in [7, 11) is 0. The van der Waals surface area contributed by atoms with Gasteiger partial charge in [-0.25, -0.2) is 0 Å². The van der Waals surface area contributed by atoms with Crippen molar-refractivity contribution < 1.29 is 13.2 Å². The van der Waals surface area contributed by atoms with Gasteiger partial charge in [0.05, 0.1) is 22.0 Å². The molecule has 0 saturated carbocycles. The third-order valence-electron chi connectivity index (χ3n) is 2.58. The minimum atomic E-state index is -4.45. The highest BCUT2D eigenvalue weighted by Crippen LogP contribution is 2.31. The van der Waals surface area contributed by atoms with Crippen LogP contribution in [0.15, 0.2) is 41.5 Å². The molecule has 0 spiro atoms. The lowest BCUT2D eigenvalue weighted by Crippen LogP contribution is -2.06. The van der Waals surface area contributed by atoms with Gasteiger partial charge in [-0.05, 0) is 24.3 Å². The average Bonchev–Trinajstić information content (AvgIpc) is 2.39. The van der Waals surface area contributed by atoms with E-state index in [1.807, 2.05) is 0 Å². The van der Waals surface area contributed by atoms with Crippen LogP contribution in [0.3, 0.4) is 0 Å². The SMILES string of the molecule is FC(F)(F)c1cnc(CC=Nc2cccc(Cl)c2)c(Cl)c1. The van der Waals surface area contributed by atoms with Crippen molar-refractivity contribution in [3.05, 3.63) is 57.8 Å². The Labute approximate surface area is 129 Å². The smallest absolute Gasteiger partial charge is 0.261 e. The normalized spacial score (nSPS) is 12.0. The maximum atomic E-state index is 12.5. The lowest BCUT2D eigenvalue weighted by molar-refractivity contribution is -0.137. The summed E-state index contributed by atoms with van der Waals surface area (Å²) >= 11 is 11.6. The van der Waals surface area contributed by atoms with E-state index in [0.29, 0.717) is 16.4 Å². The summed E-state index contributed by atoms with van der Waals surface area (Å²) in [6.45, 7) is 0. The number of halogens is 5. The standard InChI is InChI=1S/C14H9Cl2F3N2/c15-10-2-1-3-11(7-10)20-5-4-13-12(16)6-9(8-21-13)14(17,18)19/h1-3,5-8H,4H2. The van der Waals surface area contributed by atoms with Crippen molar-refractivity contribution in [2.24, 2.45) is 4.99 Å². The first kappa shape index (κ1) is 15.8. The Balaban J connectivity index is 2.10. The summed E-state index contributed by atoms with van der Waals surface area (Å²) in [4.78, 5) is 7.87. The number of pyridine rings is 1. The minimum absolute atomic E-state index is 0.0395. The van der Waals surface area contributed by atoms with Gasteiger partial charge in [0, 0.05) is 23.9 Å². The predicted octanol–water partition coefficient (Wildman–Crippen LogP) is 5.35. The summed E-state index contributed by atoms with van der Waals surface area (Å²) in [5.41, 5.74) is 0.101. The summed E-state index contributed by atoms with van der Waals surface area (Å²) in [5, 5.41) is 0.512. The molecule has 2 aromatic rings. The predicted molar refractivity (Wildman–Crippen MR) is 77.6 cm³/mol. The Morgan fingerprint density at radius 1 is 1.19 bits per heavy atom. The van der Waals surface area contributed by atoms with E-state index in [9.17, 15) is 13.2 Å². The Kier molecular flexibility index (Phi) is 4.85. The number of hydrogen-bond donors (Lipinski definition) is 0. The molecule has 0 amide bonds. The van der Waals surface area contributed by atoms with Crippen LogP contribution in [0.5, 0.6) is 0 Å². The molecule has 1 heterocycles. The Morgan fingerprint density at radius 3 is 2.57 bits per heavy atom. The fourth-order valence-electron chi connectivity index (χ4n) is 1.57. The van der Waals surface area contributed by atoms with E-state index in [4.69, 9.17) is 23.2 Å². The van der Waals surface area contributed by atoms with Gasteiger partial charge in [-0.3, -0.25) is 9.98 Å². The molecule has 2 rings (SSSR count). The van der Waals surface area contributed by atoms with Gasteiger partial charge in [-0.1, -0.05) is 29.3 Å².